The molecule has 2 aromatic rings. The summed E-state index contributed by atoms with van der Waals surface area (Å²) < 4.78 is 38.0. The van der Waals surface area contributed by atoms with Crippen LogP contribution in [-0.4, -0.2) is 4.98 Å². The Balaban J connectivity index is 2.75. The van der Waals surface area contributed by atoms with Crippen molar-refractivity contribution in [3.8, 4) is 0 Å². The molecule has 0 aliphatic heterocycles. The molecule has 1 aromatic carbocycles. The predicted molar refractivity (Wildman–Crippen MR) is 59.2 cm³/mol. The molecule has 0 radical (unpaired) electrons. The molecule has 0 N–H and O–H groups in total. The van der Waals surface area contributed by atoms with Gasteiger partial charge in [-0.1, -0.05) is 0 Å². The van der Waals surface area contributed by atoms with Crippen LogP contribution in [0.15, 0.2) is 28.9 Å². The van der Waals surface area contributed by atoms with E-state index >= 15 is 0 Å². The normalized spacial score (nSPS) is 12.1. The highest BCUT2D eigenvalue weighted by atomic mass is 79.9. The zero-order valence-electron chi connectivity index (χ0n) is 8.27. The second-order valence-electron chi connectivity index (χ2n) is 3.54. The standard InChI is InChI=1S/C11H7BrF3N/c1-6-2-7-3-8(11(13,14)15)4-9(12)10(7)16-5-6/h2-5H,1H3. The van der Waals surface area contributed by atoms with Crippen LogP contribution < -0.4 is 0 Å². The fourth-order valence-corrected chi connectivity index (χ4v) is 2.06. The number of fused-ring (bicyclic) bond motifs is 1. The van der Waals surface area contributed by atoms with E-state index in [-0.39, 0.29) is 0 Å². The summed E-state index contributed by atoms with van der Waals surface area (Å²) >= 11 is 3.10. The maximum absolute atomic E-state index is 12.6. The third-order valence-electron chi connectivity index (χ3n) is 2.20. The number of nitrogens with zero attached hydrogens (tertiary/aromatic N) is 1. The highest BCUT2D eigenvalue weighted by molar-refractivity contribution is 9.10. The molecule has 1 aromatic heterocycles. The van der Waals surface area contributed by atoms with Crippen LogP contribution in [-0.2, 0) is 6.18 Å². The van der Waals surface area contributed by atoms with Crippen molar-refractivity contribution < 1.29 is 13.2 Å². The van der Waals surface area contributed by atoms with Crippen LogP contribution in [0.1, 0.15) is 11.1 Å². The van der Waals surface area contributed by atoms with Crippen LogP contribution in [0.3, 0.4) is 0 Å². The minimum Gasteiger partial charge on any atom is -0.255 e. The molecule has 1 nitrogen and oxygen atoms in total. The van der Waals surface area contributed by atoms with E-state index in [9.17, 15) is 13.2 Å². The molecule has 16 heavy (non-hydrogen) atoms. The van der Waals surface area contributed by atoms with Gasteiger partial charge in [0.05, 0.1) is 11.1 Å². The van der Waals surface area contributed by atoms with Gasteiger partial charge in [0.15, 0.2) is 0 Å². The lowest BCUT2D eigenvalue weighted by molar-refractivity contribution is -0.137. The monoisotopic (exact) mass is 289 g/mol. The van der Waals surface area contributed by atoms with E-state index in [1.807, 2.05) is 0 Å². The van der Waals surface area contributed by atoms with Gasteiger partial charge in [-0.2, -0.15) is 13.2 Å². The van der Waals surface area contributed by atoms with E-state index in [0.717, 1.165) is 17.7 Å². The molecule has 0 saturated carbocycles. The van der Waals surface area contributed by atoms with Crippen molar-refractivity contribution >= 4 is 26.8 Å². The number of hydrogen-bond donors (Lipinski definition) is 0. The highest BCUT2D eigenvalue weighted by Gasteiger charge is 2.31. The summed E-state index contributed by atoms with van der Waals surface area (Å²) in [6.45, 7) is 1.79. The van der Waals surface area contributed by atoms with Gasteiger partial charge in [0, 0.05) is 16.1 Å². The van der Waals surface area contributed by atoms with Crippen molar-refractivity contribution in [3.63, 3.8) is 0 Å². The predicted octanol–water partition coefficient (Wildman–Crippen LogP) is 4.32. The van der Waals surface area contributed by atoms with Crippen LogP contribution in [0.2, 0.25) is 0 Å². The van der Waals surface area contributed by atoms with Crippen LogP contribution in [0.5, 0.6) is 0 Å². The van der Waals surface area contributed by atoms with Gasteiger partial charge in [0.2, 0.25) is 0 Å². The van der Waals surface area contributed by atoms with Gasteiger partial charge in [-0.3, -0.25) is 4.98 Å². The van der Waals surface area contributed by atoms with Gasteiger partial charge in [0.1, 0.15) is 0 Å². The molecular weight excluding hydrogens is 283 g/mol. The molecule has 0 aliphatic rings. The van der Waals surface area contributed by atoms with Crippen LogP contribution in [0.4, 0.5) is 13.2 Å². The average molecular weight is 290 g/mol. The first-order chi connectivity index (χ1) is 7.38. The molecule has 2 rings (SSSR count). The summed E-state index contributed by atoms with van der Waals surface area (Å²) in [6.07, 6.45) is -2.71. The Morgan fingerprint density at radius 3 is 2.50 bits per heavy atom. The van der Waals surface area contributed by atoms with E-state index in [2.05, 4.69) is 20.9 Å². The smallest absolute Gasteiger partial charge is 0.255 e. The second kappa shape index (κ2) is 3.73. The maximum atomic E-state index is 12.6. The lowest BCUT2D eigenvalue weighted by Crippen LogP contribution is -2.05. The van der Waals surface area contributed by atoms with Crippen molar-refractivity contribution in [2.45, 2.75) is 13.1 Å². The quantitative estimate of drug-likeness (QED) is 0.704. The molecule has 0 saturated heterocycles. The van der Waals surface area contributed by atoms with Crippen molar-refractivity contribution in [2.75, 3.05) is 0 Å². The summed E-state index contributed by atoms with van der Waals surface area (Å²) in [7, 11) is 0. The van der Waals surface area contributed by atoms with Gasteiger partial charge in [-0.05, 0) is 46.6 Å². The summed E-state index contributed by atoms with van der Waals surface area (Å²) in [5.74, 6) is 0. The fourth-order valence-electron chi connectivity index (χ4n) is 1.48. The summed E-state index contributed by atoms with van der Waals surface area (Å²) in [6, 6.07) is 3.84. The minimum absolute atomic E-state index is 0.359. The number of alkyl halides is 3. The first-order valence-corrected chi connectivity index (χ1v) is 5.30. The molecule has 0 atom stereocenters. The zero-order chi connectivity index (χ0) is 11.9. The zero-order valence-corrected chi connectivity index (χ0v) is 9.85. The largest absolute Gasteiger partial charge is 0.416 e. The maximum Gasteiger partial charge on any atom is 0.416 e. The number of pyridine rings is 1. The first-order valence-electron chi connectivity index (χ1n) is 4.51. The van der Waals surface area contributed by atoms with Gasteiger partial charge in [-0.15, -0.1) is 0 Å². The minimum atomic E-state index is -4.33. The molecule has 0 aliphatic carbocycles. The molecular formula is C11H7BrF3N. The number of aryl methyl sites for hydroxylation is 1. The number of aromatic nitrogens is 1. The van der Waals surface area contributed by atoms with Gasteiger partial charge >= 0.3 is 6.18 Å². The van der Waals surface area contributed by atoms with Crippen molar-refractivity contribution in [3.05, 3.63) is 40.0 Å². The topological polar surface area (TPSA) is 12.9 Å². The van der Waals surface area contributed by atoms with E-state index in [0.29, 0.717) is 15.4 Å². The third kappa shape index (κ3) is 2.04. The molecule has 1 heterocycles. The summed E-state index contributed by atoms with van der Waals surface area (Å²) in [5.41, 5.74) is 0.705. The Hall–Kier alpha value is -1.10. The summed E-state index contributed by atoms with van der Waals surface area (Å²) in [4.78, 5) is 4.09. The van der Waals surface area contributed by atoms with E-state index in [4.69, 9.17) is 0 Å². The Morgan fingerprint density at radius 1 is 1.19 bits per heavy atom. The molecule has 0 amide bonds. The number of benzene rings is 1. The lowest BCUT2D eigenvalue weighted by atomic mass is 10.1. The number of halogens is 4. The van der Waals surface area contributed by atoms with Crippen molar-refractivity contribution in [2.24, 2.45) is 0 Å². The van der Waals surface area contributed by atoms with Crippen molar-refractivity contribution in [1.29, 1.82) is 0 Å². The molecule has 0 spiro atoms. The highest BCUT2D eigenvalue weighted by Crippen LogP contribution is 2.34. The molecule has 0 bridgehead atoms. The average Bonchev–Trinajstić information content (AvgIpc) is 2.15. The Kier molecular flexibility index (Phi) is 2.66. The SMILES string of the molecule is Cc1cnc2c(Br)cc(C(F)(F)F)cc2c1. The van der Waals surface area contributed by atoms with E-state index < -0.39 is 11.7 Å². The van der Waals surface area contributed by atoms with E-state index in [1.54, 1.807) is 19.2 Å². The number of rotatable bonds is 0. The van der Waals surface area contributed by atoms with E-state index in [1.165, 1.54) is 0 Å². The van der Waals surface area contributed by atoms with Gasteiger partial charge in [-0.25, -0.2) is 0 Å². The fraction of sp³-hybridized carbons (Fsp3) is 0.182. The van der Waals surface area contributed by atoms with Crippen LogP contribution >= 0.6 is 15.9 Å². The van der Waals surface area contributed by atoms with Crippen LogP contribution in [0, 0.1) is 6.92 Å². The van der Waals surface area contributed by atoms with Gasteiger partial charge in [0.25, 0.3) is 0 Å². The molecule has 0 unspecified atom stereocenters. The Bertz CT molecular complexity index is 549. The Morgan fingerprint density at radius 2 is 1.88 bits per heavy atom. The molecule has 5 heteroatoms. The first kappa shape index (κ1) is 11.4. The Labute approximate surface area is 98.4 Å². The van der Waals surface area contributed by atoms with Gasteiger partial charge < -0.3 is 0 Å². The lowest BCUT2D eigenvalue weighted by Gasteiger charge is -2.09. The summed E-state index contributed by atoms with van der Waals surface area (Å²) in [5, 5.41) is 0.488. The third-order valence-corrected chi connectivity index (χ3v) is 2.81. The van der Waals surface area contributed by atoms with Crippen LogP contribution in [0.25, 0.3) is 10.9 Å². The second-order valence-corrected chi connectivity index (χ2v) is 4.39. The van der Waals surface area contributed by atoms with Crippen molar-refractivity contribution in [1.82, 2.24) is 4.98 Å². The number of hydrogen-bond acceptors (Lipinski definition) is 1. The molecule has 0 fully saturated rings. The molecule has 84 valence electrons.